The molecule has 3 aromatic carbocycles. The van der Waals surface area contributed by atoms with Gasteiger partial charge in [-0.15, -0.1) is 0 Å². The van der Waals surface area contributed by atoms with Gasteiger partial charge in [-0.1, -0.05) is 75.4 Å². The number of hydrogen-bond acceptors (Lipinski definition) is 5. The summed E-state index contributed by atoms with van der Waals surface area (Å²) >= 11 is 0. The van der Waals surface area contributed by atoms with Gasteiger partial charge in [0.2, 0.25) is 11.8 Å². The molecule has 0 saturated heterocycles. The van der Waals surface area contributed by atoms with Crippen molar-refractivity contribution in [2.75, 3.05) is 5.32 Å². The Morgan fingerprint density at radius 3 is 2.11 bits per heavy atom. The van der Waals surface area contributed by atoms with Crippen LogP contribution in [-0.4, -0.2) is 46.4 Å². The molecular formula is C37H50N4O5. The van der Waals surface area contributed by atoms with Crippen LogP contribution in [0.1, 0.15) is 91.3 Å². The number of rotatable bonds is 14. The number of nitrogens with one attached hydrogen (secondary N) is 2. The van der Waals surface area contributed by atoms with Gasteiger partial charge in [0.1, 0.15) is 17.7 Å². The quantitative estimate of drug-likeness (QED) is 0.178. The minimum atomic E-state index is -1.16. The third kappa shape index (κ3) is 10.6. The predicted molar refractivity (Wildman–Crippen MR) is 183 cm³/mol. The SMILES string of the molecule is CCc1ccc(C(C(=O)Nc2ccc3ccccc3c2)N(C(=O)C(CCC(N)=O)NC(=O)OC(C)(C)C)C(C)CCC(C)C)cc1. The fourth-order valence-electron chi connectivity index (χ4n) is 5.34. The van der Waals surface area contributed by atoms with Gasteiger partial charge in [0.05, 0.1) is 0 Å². The van der Waals surface area contributed by atoms with Crippen LogP contribution in [0.3, 0.4) is 0 Å². The summed E-state index contributed by atoms with van der Waals surface area (Å²) < 4.78 is 5.46. The van der Waals surface area contributed by atoms with Crippen LogP contribution < -0.4 is 16.4 Å². The lowest BCUT2D eigenvalue weighted by atomic mass is 9.95. The first-order valence-corrected chi connectivity index (χ1v) is 16.2. The summed E-state index contributed by atoms with van der Waals surface area (Å²) in [6.45, 7) is 13.3. The lowest BCUT2D eigenvalue weighted by molar-refractivity contribution is -0.143. The minimum absolute atomic E-state index is 0.0470. The zero-order valence-corrected chi connectivity index (χ0v) is 28.3. The number of fused-ring (bicyclic) bond motifs is 1. The number of aryl methyl sites for hydroxylation is 1. The van der Waals surface area contributed by atoms with Crippen LogP contribution in [0, 0.1) is 5.92 Å². The summed E-state index contributed by atoms with van der Waals surface area (Å²) in [5, 5.41) is 7.74. The molecule has 0 aromatic heterocycles. The molecule has 3 rings (SSSR count). The summed E-state index contributed by atoms with van der Waals surface area (Å²) in [6.07, 6.45) is 1.26. The van der Waals surface area contributed by atoms with Crippen molar-refractivity contribution in [1.29, 1.82) is 0 Å². The van der Waals surface area contributed by atoms with Crippen LogP contribution >= 0.6 is 0 Å². The van der Waals surface area contributed by atoms with Crippen LogP contribution in [-0.2, 0) is 25.5 Å². The molecular weight excluding hydrogens is 580 g/mol. The maximum atomic E-state index is 14.6. The summed E-state index contributed by atoms with van der Waals surface area (Å²) in [5.41, 5.74) is 6.98. The third-order valence-corrected chi connectivity index (χ3v) is 7.81. The van der Waals surface area contributed by atoms with E-state index in [1.165, 1.54) is 0 Å². The predicted octanol–water partition coefficient (Wildman–Crippen LogP) is 6.89. The maximum absolute atomic E-state index is 14.6. The fourth-order valence-corrected chi connectivity index (χ4v) is 5.34. The molecule has 0 aliphatic rings. The molecule has 0 fully saturated rings. The van der Waals surface area contributed by atoms with E-state index in [1.54, 1.807) is 25.7 Å². The normalized spacial score (nSPS) is 13.5. The highest BCUT2D eigenvalue weighted by molar-refractivity contribution is 6.00. The van der Waals surface area contributed by atoms with Gasteiger partial charge in [-0.05, 0) is 93.3 Å². The van der Waals surface area contributed by atoms with E-state index in [0.29, 0.717) is 23.6 Å². The van der Waals surface area contributed by atoms with Crippen molar-refractivity contribution in [2.45, 2.75) is 104 Å². The number of carbonyl (C=O) groups is 4. The number of primary amides is 1. The fraction of sp³-hybridized carbons (Fsp3) is 0.459. The van der Waals surface area contributed by atoms with Gasteiger partial charge in [-0.25, -0.2) is 4.79 Å². The topological polar surface area (TPSA) is 131 Å². The van der Waals surface area contributed by atoms with Crippen LogP contribution in [0.15, 0.2) is 66.7 Å². The number of nitrogens with two attached hydrogens (primary N) is 1. The van der Waals surface area contributed by atoms with Crippen molar-refractivity contribution in [3.05, 3.63) is 77.9 Å². The van der Waals surface area contributed by atoms with Crippen molar-refractivity contribution in [2.24, 2.45) is 11.7 Å². The number of alkyl carbamates (subject to hydrolysis) is 1. The summed E-state index contributed by atoms with van der Waals surface area (Å²) in [6, 6.07) is 18.6. The molecule has 0 aliphatic carbocycles. The molecule has 248 valence electrons. The lowest BCUT2D eigenvalue weighted by Gasteiger charge is -2.39. The Bertz CT molecular complexity index is 1500. The summed E-state index contributed by atoms with van der Waals surface area (Å²) in [5.74, 6) is -1.14. The molecule has 0 spiro atoms. The number of amides is 4. The van der Waals surface area contributed by atoms with Crippen LogP contribution in [0.25, 0.3) is 10.8 Å². The molecule has 4 amide bonds. The number of ether oxygens (including phenoxy) is 1. The van der Waals surface area contributed by atoms with Gasteiger partial charge in [-0.3, -0.25) is 14.4 Å². The monoisotopic (exact) mass is 630 g/mol. The zero-order chi connectivity index (χ0) is 34.0. The molecule has 0 aliphatic heterocycles. The van der Waals surface area contributed by atoms with E-state index in [9.17, 15) is 19.2 Å². The van der Waals surface area contributed by atoms with E-state index in [1.807, 2.05) is 73.7 Å². The minimum Gasteiger partial charge on any atom is -0.444 e. The van der Waals surface area contributed by atoms with Crippen molar-refractivity contribution in [1.82, 2.24) is 10.2 Å². The maximum Gasteiger partial charge on any atom is 0.408 e. The Balaban J connectivity index is 2.11. The smallest absolute Gasteiger partial charge is 0.408 e. The molecule has 0 saturated carbocycles. The molecule has 0 radical (unpaired) electrons. The first-order chi connectivity index (χ1) is 21.7. The molecule has 3 unspecified atom stereocenters. The van der Waals surface area contributed by atoms with E-state index >= 15 is 0 Å². The number of anilines is 1. The second-order valence-corrected chi connectivity index (χ2v) is 13.3. The van der Waals surface area contributed by atoms with Gasteiger partial charge in [0.15, 0.2) is 0 Å². The van der Waals surface area contributed by atoms with Gasteiger partial charge in [0, 0.05) is 18.2 Å². The highest BCUT2D eigenvalue weighted by Crippen LogP contribution is 2.30. The average molecular weight is 631 g/mol. The largest absolute Gasteiger partial charge is 0.444 e. The highest BCUT2D eigenvalue weighted by atomic mass is 16.6. The van der Waals surface area contributed by atoms with Crippen molar-refractivity contribution >= 4 is 40.3 Å². The summed E-state index contributed by atoms with van der Waals surface area (Å²) in [7, 11) is 0. The molecule has 0 heterocycles. The van der Waals surface area contributed by atoms with E-state index < -0.39 is 47.5 Å². The number of benzene rings is 3. The van der Waals surface area contributed by atoms with Crippen LogP contribution in [0.5, 0.6) is 0 Å². The van der Waals surface area contributed by atoms with Crippen molar-refractivity contribution < 1.29 is 23.9 Å². The second kappa shape index (κ2) is 16.2. The number of nitrogens with zero attached hydrogens (tertiary/aromatic N) is 1. The lowest BCUT2D eigenvalue weighted by Crippen LogP contribution is -2.55. The molecule has 0 bridgehead atoms. The highest BCUT2D eigenvalue weighted by Gasteiger charge is 2.39. The number of carbonyl (C=O) groups excluding carboxylic acids is 4. The molecule has 4 N–H and O–H groups in total. The Morgan fingerprint density at radius 2 is 1.52 bits per heavy atom. The van der Waals surface area contributed by atoms with Crippen molar-refractivity contribution in [3.63, 3.8) is 0 Å². The second-order valence-electron chi connectivity index (χ2n) is 13.3. The van der Waals surface area contributed by atoms with E-state index in [0.717, 1.165) is 29.2 Å². The Labute approximate surface area is 273 Å². The first kappa shape index (κ1) is 36.1. The zero-order valence-electron chi connectivity index (χ0n) is 28.3. The Morgan fingerprint density at radius 1 is 0.870 bits per heavy atom. The van der Waals surface area contributed by atoms with Crippen LogP contribution in [0.4, 0.5) is 10.5 Å². The standard InChI is InChI=1S/C37H50N4O5/c1-8-26-15-17-28(18-16-26)33(34(43)39-30-20-19-27-11-9-10-12-29(27)23-30)41(25(4)14-13-24(2)3)35(44)31(21-22-32(38)42)40-36(45)46-37(5,6)7/h9-12,15-20,23-25,31,33H,8,13-14,21-22H2,1-7H3,(H2,38,42)(H,39,43)(H,40,45). The molecule has 9 heteroatoms. The Hall–Kier alpha value is -4.40. The van der Waals surface area contributed by atoms with Crippen molar-refractivity contribution in [3.8, 4) is 0 Å². The molecule has 46 heavy (non-hydrogen) atoms. The van der Waals surface area contributed by atoms with E-state index in [-0.39, 0.29) is 12.8 Å². The molecule has 3 atom stereocenters. The number of hydrogen-bond donors (Lipinski definition) is 3. The van der Waals surface area contributed by atoms with E-state index in [4.69, 9.17) is 10.5 Å². The summed E-state index contributed by atoms with van der Waals surface area (Å²) in [4.78, 5) is 55.3. The van der Waals surface area contributed by atoms with Gasteiger partial charge < -0.3 is 26.0 Å². The van der Waals surface area contributed by atoms with Crippen LogP contribution in [0.2, 0.25) is 0 Å². The average Bonchev–Trinajstić information content (AvgIpc) is 2.99. The van der Waals surface area contributed by atoms with Gasteiger partial charge in [-0.2, -0.15) is 0 Å². The molecule has 9 nitrogen and oxygen atoms in total. The van der Waals surface area contributed by atoms with Gasteiger partial charge in [0.25, 0.3) is 5.91 Å². The van der Waals surface area contributed by atoms with Gasteiger partial charge >= 0.3 is 6.09 Å². The van der Waals surface area contributed by atoms with E-state index in [2.05, 4.69) is 31.4 Å². The first-order valence-electron chi connectivity index (χ1n) is 16.2. The third-order valence-electron chi connectivity index (χ3n) is 7.81. The molecule has 3 aromatic rings. The Kier molecular flexibility index (Phi) is 12.7.